The van der Waals surface area contributed by atoms with Crippen molar-refractivity contribution >= 4 is 5.91 Å². The summed E-state index contributed by atoms with van der Waals surface area (Å²) < 4.78 is 0. The van der Waals surface area contributed by atoms with Crippen LogP contribution >= 0.6 is 0 Å². The molecule has 1 aliphatic rings. The molecule has 3 unspecified atom stereocenters. The van der Waals surface area contributed by atoms with E-state index in [9.17, 15) is 4.79 Å². The van der Waals surface area contributed by atoms with Gasteiger partial charge in [-0.05, 0) is 30.0 Å². The third-order valence-corrected chi connectivity index (χ3v) is 4.72. The van der Waals surface area contributed by atoms with Gasteiger partial charge in [0.05, 0.1) is 12.0 Å². The van der Waals surface area contributed by atoms with Gasteiger partial charge in [-0.15, -0.1) is 0 Å². The van der Waals surface area contributed by atoms with E-state index in [1.54, 1.807) is 6.20 Å². The van der Waals surface area contributed by atoms with E-state index >= 15 is 0 Å². The Hall–Kier alpha value is -2.20. The van der Waals surface area contributed by atoms with Crippen molar-refractivity contribution in [1.29, 1.82) is 0 Å². The number of benzene rings is 1. The Morgan fingerprint density at radius 2 is 2.04 bits per heavy atom. The van der Waals surface area contributed by atoms with Crippen molar-refractivity contribution in [2.45, 2.75) is 31.8 Å². The first kappa shape index (κ1) is 15.7. The van der Waals surface area contributed by atoms with Crippen LogP contribution in [0, 0.1) is 5.92 Å². The highest BCUT2D eigenvalue weighted by Crippen LogP contribution is 2.34. The standard InChI is InChI=1S/C19H23N3O/c1-14(18(20)15-7-3-2-4-8-15)19(23)22-12-6-10-17(22)16-9-5-11-21-13-16/h2-5,7-9,11,13-14,17-18H,6,10,12,20H2,1H3. The maximum absolute atomic E-state index is 13.0. The monoisotopic (exact) mass is 309 g/mol. The molecule has 3 atom stereocenters. The minimum absolute atomic E-state index is 0.127. The molecule has 4 nitrogen and oxygen atoms in total. The van der Waals surface area contributed by atoms with Crippen molar-refractivity contribution in [1.82, 2.24) is 9.88 Å². The van der Waals surface area contributed by atoms with Crippen LogP contribution in [-0.4, -0.2) is 22.3 Å². The Morgan fingerprint density at radius 1 is 1.26 bits per heavy atom. The van der Waals surface area contributed by atoms with Gasteiger partial charge in [-0.25, -0.2) is 0 Å². The number of carbonyl (C=O) groups excluding carboxylic acids is 1. The lowest BCUT2D eigenvalue weighted by molar-refractivity contribution is -0.136. The summed E-state index contributed by atoms with van der Waals surface area (Å²) >= 11 is 0. The zero-order valence-electron chi connectivity index (χ0n) is 13.4. The number of nitrogens with two attached hydrogens (primary N) is 1. The molecule has 2 aromatic rings. The third kappa shape index (κ3) is 3.27. The molecule has 0 radical (unpaired) electrons. The zero-order chi connectivity index (χ0) is 16.2. The number of rotatable bonds is 4. The van der Waals surface area contributed by atoms with Crippen LogP contribution in [-0.2, 0) is 4.79 Å². The summed E-state index contributed by atoms with van der Waals surface area (Å²) in [5.41, 5.74) is 8.45. The maximum Gasteiger partial charge on any atom is 0.227 e. The van der Waals surface area contributed by atoms with Gasteiger partial charge in [-0.1, -0.05) is 43.3 Å². The first-order valence-electron chi connectivity index (χ1n) is 8.19. The molecule has 1 aliphatic heterocycles. The second-order valence-corrected chi connectivity index (χ2v) is 6.20. The summed E-state index contributed by atoms with van der Waals surface area (Å²) in [6, 6.07) is 13.7. The normalized spacial score (nSPS) is 20.3. The van der Waals surface area contributed by atoms with E-state index in [4.69, 9.17) is 5.73 Å². The predicted molar refractivity (Wildman–Crippen MR) is 90.5 cm³/mol. The van der Waals surface area contributed by atoms with Crippen molar-refractivity contribution in [3.63, 3.8) is 0 Å². The van der Waals surface area contributed by atoms with E-state index in [2.05, 4.69) is 4.98 Å². The second kappa shape index (κ2) is 6.92. The quantitative estimate of drug-likeness (QED) is 0.944. The molecule has 2 N–H and O–H groups in total. The van der Waals surface area contributed by atoms with Gasteiger partial charge in [0.15, 0.2) is 0 Å². The number of aromatic nitrogens is 1. The molecule has 120 valence electrons. The van der Waals surface area contributed by atoms with Crippen LogP contribution in [0.5, 0.6) is 0 Å². The van der Waals surface area contributed by atoms with Gasteiger partial charge in [0.25, 0.3) is 0 Å². The predicted octanol–water partition coefficient (Wildman–Crippen LogP) is 3.08. The fraction of sp³-hybridized carbons (Fsp3) is 0.368. The topological polar surface area (TPSA) is 59.2 Å². The highest BCUT2D eigenvalue weighted by molar-refractivity contribution is 5.80. The third-order valence-electron chi connectivity index (χ3n) is 4.72. The molecule has 0 spiro atoms. The van der Waals surface area contributed by atoms with Crippen LogP contribution in [0.2, 0.25) is 0 Å². The number of carbonyl (C=O) groups is 1. The van der Waals surface area contributed by atoms with Crippen LogP contribution < -0.4 is 5.73 Å². The SMILES string of the molecule is CC(C(=O)N1CCCC1c1cccnc1)C(N)c1ccccc1. The van der Waals surface area contributed by atoms with Crippen LogP contribution in [0.4, 0.5) is 0 Å². The molecular formula is C19H23N3O. The lowest BCUT2D eigenvalue weighted by Crippen LogP contribution is -2.39. The van der Waals surface area contributed by atoms with E-state index in [-0.39, 0.29) is 23.9 Å². The average Bonchev–Trinajstić information content (AvgIpc) is 3.11. The number of hydrogen-bond donors (Lipinski definition) is 1. The first-order chi connectivity index (χ1) is 11.2. The second-order valence-electron chi connectivity index (χ2n) is 6.20. The summed E-state index contributed by atoms with van der Waals surface area (Å²) in [5.74, 6) is -0.109. The molecule has 1 aromatic heterocycles. The van der Waals surface area contributed by atoms with Gasteiger partial charge < -0.3 is 10.6 Å². The van der Waals surface area contributed by atoms with E-state index in [1.807, 2.05) is 60.5 Å². The van der Waals surface area contributed by atoms with Gasteiger partial charge in [-0.2, -0.15) is 0 Å². The number of likely N-dealkylation sites (tertiary alicyclic amines) is 1. The average molecular weight is 309 g/mol. The number of nitrogens with zero attached hydrogens (tertiary/aromatic N) is 2. The molecule has 4 heteroatoms. The van der Waals surface area contributed by atoms with Crippen LogP contribution in [0.15, 0.2) is 54.9 Å². The zero-order valence-corrected chi connectivity index (χ0v) is 13.4. The minimum atomic E-state index is -0.279. The van der Waals surface area contributed by atoms with Gasteiger partial charge >= 0.3 is 0 Å². The Kier molecular flexibility index (Phi) is 4.72. The molecule has 1 fully saturated rings. The molecule has 0 aliphatic carbocycles. The van der Waals surface area contributed by atoms with Crippen molar-refractivity contribution in [2.75, 3.05) is 6.54 Å². The summed E-state index contributed by atoms with van der Waals surface area (Å²) in [6.45, 7) is 2.73. The van der Waals surface area contributed by atoms with Gasteiger partial charge in [0, 0.05) is 25.0 Å². The van der Waals surface area contributed by atoms with Crippen molar-refractivity contribution in [3.05, 3.63) is 66.0 Å². The largest absolute Gasteiger partial charge is 0.335 e. The Labute approximate surface area is 137 Å². The van der Waals surface area contributed by atoms with Gasteiger partial charge in [0.1, 0.15) is 0 Å². The van der Waals surface area contributed by atoms with Crippen molar-refractivity contribution in [2.24, 2.45) is 11.7 Å². The summed E-state index contributed by atoms with van der Waals surface area (Å²) in [7, 11) is 0. The first-order valence-corrected chi connectivity index (χ1v) is 8.19. The fourth-order valence-electron chi connectivity index (χ4n) is 3.33. The van der Waals surface area contributed by atoms with Gasteiger partial charge in [-0.3, -0.25) is 9.78 Å². The molecule has 1 amide bonds. The van der Waals surface area contributed by atoms with Crippen molar-refractivity contribution < 1.29 is 4.79 Å². The molecule has 23 heavy (non-hydrogen) atoms. The van der Waals surface area contributed by atoms with Crippen LogP contribution in [0.1, 0.15) is 43.0 Å². The Bertz CT molecular complexity index is 644. The lowest BCUT2D eigenvalue weighted by Gasteiger charge is -2.30. The van der Waals surface area contributed by atoms with E-state index in [0.29, 0.717) is 0 Å². The van der Waals surface area contributed by atoms with E-state index in [0.717, 1.165) is 30.5 Å². The van der Waals surface area contributed by atoms with E-state index < -0.39 is 0 Å². The van der Waals surface area contributed by atoms with Crippen LogP contribution in [0.25, 0.3) is 0 Å². The van der Waals surface area contributed by atoms with Crippen LogP contribution in [0.3, 0.4) is 0 Å². The Balaban J connectivity index is 1.76. The molecule has 2 heterocycles. The smallest absolute Gasteiger partial charge is 0.227 e. The number of amides is 1. The summed E-state index contributed by atoms with van der Waals surface area (Å²) in [6.07, 6.45) is 5.64. The molecule has 1 aromatic carbocycles. The Morgan fingerprint density at radius 3 is 2.74 bits per heavy atom. The molecular weight excluding hydrogens is 286 g/mol. The molecule has 1 saturated heterocycles. The van der Waals surface area contributed by atoms with E-state index in [1.165, 1.54) is 0 Å². The fourth-order valence-corrected chi connectivity index (χ4v) is 3.33. The summed E-state index contributed by atoms with van der Waals surface area (Å²) in [5, 5.41) is 0. The maximum atomic E-state index is 13.0. The number of pyridine rings is 1. The number of hydrogen-bond acceptors (Lipinski definition) is 3. The summed E-state index contributed by atoms with van der Waals surface area (Å²) in [4.78, 5) is 19.1. The highest BCUT2D eigenvalue weighted by atomic mass is 16.2. The molecule has 3 rings (SSSR count). The lowest BCUT2D eigenvalue weighted by atomic mass is 9.93. The minimum Gasteiger partial charge on any atom is -0.335 e. The molecule has 0 saturated carbocycles. The molecule has 0 bridgehead atoms. The highest BCUT2D eigenvalue weighted by Gasteiger charge is 2.34. The van der Waals surface area contributed by atoms with Crippen molar-refractivity contribution in [3.8, 4) is 0 Å². The van der Waals surface area contributed by atoms with Gasteiger partial charge in [0.2, 0.25) is 5.91 Å².